The molecule has 1 rings (SSSR count). The van der Waals surface area contributed by atoms with Gasteiger partial charge in [0.15, 0.2) is 0 Å². The van der Waals surface area contributed by atoms with E-state index in [4.69, 9.17) is 0 Å². The lowest BCUT2D eigenvalue weighted by Gasteiger charge is -2.54. The van der Waals surface area contributed by atoms with Crippen molar-refractivity contribution in [2.24, 2.45) is 0 Å². The number of nitrogens with zero attached hydrogens (tertiary/aromatic N) is 1. The minimum absolute atomic E-state index is 0. The van der Waals surface area contributed by atoms with E-state index in [9.17, 15) is 10.3 Å². The van der Waals surface area contributed by atoms with Gasteiger partial charge in [0.05, 0.1) is 5.60 Å². The topological polar surface area (TPSA) is 43.7 Å². The highest BCUT2D eigenvalue weighted by atomic mass is 35.5. The van der Waals surface area contributed by atoms with Gasteiger partial charge in [0, 0.05) is 11.1 Å². The molecular formula is C13H28ClNO2. The Hall–Kier alpha value is 0.170. The van der Waals surface area contributed by atoms with Crippen LogP contribution >= 0.6 is 12.4 Å². The van der Waals surface area contributed by atoms with Crippen LogP contribution in [0.15, 0.2) is 0 Å². The molecule has 0 aromatic heterocycles. The molecule has 0 saturated carbocycles. The average molecular weight is 266 g/mol. The van der Waals surface area contributed by atoms with Crippen LogP contribution in [0, 0.1) is 0 Å². The molecule has 0 aromatic carbocycles. The largest absolute Gasteiger partial charge is 0.390 e. The van der Waals surface area contributed by atoms with Gasteiger partial charge in [-0.2, -0.15) is 5.06 Å². The van der Waals surface area contributed by atoms with E-state index in [2.05, 4.69) is 6.92 Å². The van der Waals surface area contributed by atoms with E-state index in [1.807, 2.05) is 27.7 Å². The number of piperidine rings is 1. The van der Waals surface area contributed by atoms with Gasteiger partial charge in [0.1, 0.15) is 0 Å². The highest BCUT2D eigenvalue weighted by molar-refractivity contribution is 5.85. The van der Waals surface area contributed by atoms with Crippen molar-refractivity contribution in [3.05, 3.63) is 0 Å². The molecule has 1 fully saturated rings. The molecule has 0 amide bonds. The number of aliphatic hydroxyl groups is 1. The van der Waals surface area contributed by atoms with Crippen LogP contribution < -0.4 is 0 Å². The molecule has 0 aliphatic carbocycles. The van der Waals surface area contributed by atoms with Gasteiger partial charge in [0.2, 0.25) is 0 Å². The second-order valence-electron chi connectivity index (χ2n) is 6.62. The minimum Gasteiger partial charge on any atom is -0.390 e. The second-order valence-corrected chi connectivity index (χ2v) is 6.62. The predicted molar refractivity (Wildman–Crippen MR) is 72.7 cm³/mol. The summed E-state index contributed by atoms with van der Waals surface area (Å²) in [7, 11) is 0. The Morgan fingerprint density at radius 1 is 1.06 bits per heavy atom. The fourth-order valence-electron chi connectivity index (χ4n) is 3.32. The van der Waals surface area contributed by atoms with Crippen LogP contribution in [0.2, 0.25) is 0 Å². The van der Waals surface area contributed by atoms with Crippen molar-refractivity contribution in [1.29, 1.82) is 0 Å². The molecule has 1 saturated heterocycles. The summed E-state index contributed by atoms with van der Waals surface area (Å²) in [5.74, 6) is 0. The Labute approximate surface area is 112 Å². The molecule has 17 heavy (non-hydrogen) atoms. The number of rotatable bonds is 3. The lowest BCUT2D eigenvalue weighted by atomic mass is 9.70. The maximum atomic E-state index is 10.7. The molecule has 0 unspecified atom stereocenters. The van der Waals surface area contributed by atoms with E-state index in [0.717, 1.165) is 19.3 Å². The first-order chi connectivity index (χ1) is 7.13. The van der Waals surface area contributed by atoms with Gasteiger partial charge in [-0.3, -0.25) is 0 Å². The smallest absolute Gasteiger partial charge is 0.0684 e. The molecule has 0 atom stereocenters. The molecule has 1 aliphatic heterocycles. The van der Waals surface area contributed by atoms with Crippen LogP contribution in [-0.2, 0) is 0 Å². The summed E-state index contributed by atoms with van der Waals surface area (Å²) >= 11 is 0. The average Bonchev–Trinajstić information content (AvgIpc) is 2.10. The Morgan fingerprint density at radius 3 is 1.82 bits per heavy atom. The van der Waals surface area contributed by atoms with Crippen LogP contribution in [0.5, 0.6) is 0 Å². The fourth-order valence-corrected chi connectivity index (χ4v) is 3.32. The van der Waals surface area contributed by atoms with E-state index in [1.54, 1.807) is 0 Å². The van der Waals surface area contributed by atoms with Crippen LogP contribution in [0.4, 0.5) is 0 Å². The number of halogens is 1. The summed E-state index contributed by atoms with van der Waals surface area (Å²) in [6.45, 7) is 10.1. The molecule has 4 heteroatoms. The lowest BCUT2D eigenvalue weighted by Crippen LogP contribution is -2.64. The first-order valence-corrected chi connectivity index (χ1v) is 6.35. The molecule has 1 aliphatic rings. The van der Waals surface area contributed by atoms with Gasteiger partial charge in [-0.05, 0) is 47.0 Å². The van der Waals surface area contributed by atoms with Crippen molar-refractivity contribution in [1.82, 2.24) is 5.06 Å². The van der Waals surface area contributed by atoms with E-state index < -0.39 is 5.60 Å². The molecule has 3 nitrogen and oxygen atoms in total. The summed E-state index contributed by atoms with van der Waals surface area (Å²) in [5, 5.41) is 22.2. The van der Waals surface area contributed by atoms with Gasteiger partial charge in [-0.15, -0.1) is 12.4 Å². The molecule has 0 spiro atoms. The third kappa shape index (κ3) is 3.82. The minimum atomic E-state index is -0.623. The monoisotopic (exact) mass is 265 g/mol. The Balaban J connectivity index is 0.00000256. The Bertz CT molecular complexity index is 236. The zero-order valence-corrected chi connectivity index (χ0v) is 12.6. The number of hydrogen-bond acceptors (Lipinski definition) is 3. The summed E-state index contributed by atoms with van der Waals surface area (Å²) in [6.07, 6.45) is 4.27. The zero-order valence-electron chi connectivity index (χ0n) is 11.8. The van der Waals surface area contributed by atoms with Gasteiger partial charge in [-0.1, -0.05) is 19.8 Å². The SMILES string of the molecule is CCCCC1(O)CC(C)(C)N(O)C(C)(C)C1.Cl. The third-order valence-corrected chi connectivity index (χ3v) is 3.67. The summed E-state index contributed by atoms with van der Waals surface area (Å²) in [4.78, 5) is 0. The zero-order chi connectivity index (χ0) is 12.6. The van der Waals surface area contributed by atoms with Crippen LogP contribution in [0.1, 0.15) is 66.7 Å². The van der Waals surface area contributed by atoms with Gasteiger partial charge < -0.3 is 10.3 Å². The summed E-state index contributed by atoms with van der Waals surface area (Å²) < 4.78 is 0. The lowest BCUT2D eigenvalue weighted by molar-refractivity contribution is -0.275. The summed E-state index contributed by atoms with van der Waals surface area (Å²) in [5.41, 5.74) is -1.34. The van der Waals surface area contributed by atoms with E-state index >= 15 is 0 Å². The third-order valence-electron chi connectivity index (χ3n) is 3.67. The van der Waals surface area contributed by atoms with E-state index in [1.165, 1.54) is 5.06 Å². The van der Waals surface area contributed by atoms with Crippen molar-refractivity contribution in [3.8, 4) is 0 Å². The van der Waals surface area contributed by atoms with E-state index in [-0.39, 0.29) is 23.5 Å². The second kappa shape index (κ2) is 5.43. The van der Waals surface area contributed by atoms with Gasteiger partial charge in [0.25, 0.3) is 0 Å². The molecule has 0 aromatic rings. The van der Waals surface area contributed by atoms with Gasteiger partial charge >= 0.3 is 0 Å². The first kappa shape index (κ1) is 17.2. The molecule has 1 heterocycles. The van der Waals surface area contributed by atoms with Crippen molar-refractivity contribution in [3.63, 3.8) is 0 Å². The molecule has 0 radical (unpaired) electrons. The maximum Gasteiger partial charge on any atom is 0.0684 e. The Kier molecular flexibility index (Phi) is 5.49. The fraction of sp³-hybridized carbons (Fsp3) is 1.00. The normalized spacial score (nSPS) is 26.3. The van der Waals surface area contributed by atoms with Crippen molar-refractivity contribution in [2.75, 3.05) is 0 Å². The van der Waals surface area contributed by atoms with Crippen LogP contribution in [-0.4, -0.2) is 32.1 Å². The molecule has 104 valence electrons. The van der Waals surface area contributed by atoms with Crippen LogP contribution in [0.3, 0.4) is 0 Å². The van der Waals surface area contributed by atoms with E-state index in [0.29, 0.717) is 12.8 Å². The highest BCUT2D eigenvalue weighted by Crippen LogP contribution is 2.44. The maximum absolute atomic E-state index is 10.7. The quantitative estimate of drug-likeness (QED) is 0.822. The van der Waals surface area contributed by atoms with Crippen molar-refractivity contribution < 1.29 is 10.3 Å². The van der Waals surface area contributed by atoms with Gasteiger partial charge in [-0.25, -0.2) is 0 Å². The molecule has 0 bridgehead atoms. The highest BCUT2D eigenvalue weighted by Gasteiger charge is 2.50. The number of unbranched alkanes of at least 4 members (excludes halogenated alkanes) is 1. The number of hydrogen-bond donors (Lipinski definition) is 2. The standard InChI is InChI=1S/C13H27NO2.ClH/c1-6-7-8-13(15)9-11(2,3)14(16)12(4,5)10-13;/h15-16H,6-10H2,1-5H3;1H. The predicted octanol–water partition coefficient (Wildman–Crippen LogP) is 3.37. The number of hydroxylamine groups is 2. The van der Waals surface area contributed by atoms with Crippen molar-refractivity contribution in [2.45, 2.75) is 83.4 Å². The van der Waals surface area contributed by atoms with Crippen molar-refractivity contribution >= 4 is 12.4 Å². The summed E-state index contributed by atoms with van der Waals surface area (Å²) in [6, 6.07) is 0. The Morgan fingerprint density at radius 2 is 1.47 bits per heavy atom. The molecule has 2 N–H and O–H groups in total. The van der Waals surface area contributed by atoms with Crippen LogP contribution in [0.25, 0.3) is 0 Å². The molecular weight excluding hydrogens is 238 g/mol. The first-order valence-electron chi connectivity index (χ1n) is 6.35.